The second kappa shape index (κ2) is 4.86. The maximum atomic E-state index is 11.2. The number of carbonyl (C=O) groups is 1. The van der Waals surface area contributed by atoms with Gasteiger partial charge in [0.2, 0.25) is 10.0 Å². The molecule has 1 aromatic carbocycles. The van der Waals surface area contributed by atoms with Gasteiger partial charge >= 0.3 is 5.97 Å². The monoisotopic (exact) mass is 255 g/mol. The number of nitrogens with two attached hydrogens (primary N) is 1. The number of sulfonamides is 1. The molecule has 3 N–H and O–H groups in total. The lowest BCUT2D eigenvalue weighted by Crippen LogP contribution is -2.15. The van der Waals surface area contributed by atoms with Crippen molar-refractivity contribution in [1.29, 1.82) is 0 Å². The van der Waals surface area contributed by atoms with Gasteiger partial charge in [0.1, 0.15) is 17.3 Å². The number of hydrogen-bond donors (Lipinski definition) is 2. The topological polar surface area (TPSA) is 107 Å². The van der Waals surface area contributed by atoms with Crippen LogP contribution in [0.15, 0.2) is 23.1 Å². The molecule has 0 aromatic heterocycles. The van der Waals surface area contributed by atoms with Crippen LogP contribution < -0.4 is 9.88 Å². The van der Waals surface area contributed by atoms with E-state index >= 15 is 0 Å². The largest absolute Gasteiger partial charge is 0.480 e. The second-order valence-corrected chi connectivity index (χ2v) is 4.53. The Labute approximate surface area is 98.1 Å². The molecule has 0 bridgehead atoms. The first-order valence-electron chi connectivity index (χ1n) is 4.32. The van der Waals surface area contributed by atoms with Gasteiger partial charge in [-0.1, -0.05) is 5.92 Å². The van der Waals surface area contributed by atoms with Crippen molar-refractivity contribution in [2.75, 3.05) is 6.61 Å². The molecule has 0 amide bonds. The summed E-state index contributed by atoms with van der Waals surface area (Å²) < 4.78 is 27.4. The molecular weight excluding hydrogens is 246 g/mol. The highest BCUT2D eigenvalue weighted by Crippen LogP contribution is 2.24. The molecule has 0 saturated carbocycles. The molecule has 0 heterocycles. The van der Waals surface area contributed by atoms with Crippen LogP contribution in [-0.2, 0) is 10.0 Å². The minimum absolute atomic E-state index is 0.0737. The van der Waals surface area contributed by atoms with E-state index in [0.29, 0.717) is 0 Å². The molecule has 0 aliphatic rings. The van der Waals surface area contributed by atoms with Gasteiger partial charge < -0.3 is 9.84 Å². The molecule has 0 unspecified atom stereocenters. The summed E-state index contributed by atoms with van der Waals surface area (Å²) in [5, 5.41) is 13.7. The van der Waals surface area contributed by atoms with Crippen molar-refractivity contribution in [3.8, 4) is 18.1 Å². The summed E-state index contributed by atoms with van der Waals surface area (Å²) in [6.45, 7) is -0.144. The number of hydrogen-bond acceptors (Lipinski definition) is 4. The minimum atomic E-state index is -4.08. The summed E-state index contributed by atoms with van der Waals surface area (Å²) in [6, 6.07) is 3.31. The maximum Gasteiger partial charge on any atom is 0.335 e. The van der Waals surface area contributed by atoms with Gasteiger partial charge in [-0.25, -0.2) is 18.4 Å². The van der Waals surface area contributed by atoms with Crippen molar-refractivity contribution >= 4 is 16.0 Å². The predicted octanol–water partition coefficient (Wildman–Crippen LogP) is 0.0442. The molecule has 0 atom stereocenters. The van der Waals surface area contributed by atoms with Crippen LogP contribution >= 0.6 is 0 Å². The predicted molar refractivity (Wildman–Crippen MR) is 59.1 cm³/mol. The molecule has 90 valence electrons. The first kappa shape index (κ1) is 13.0. The van der Waals surface area contributed by atoms with Crippen molar-refractivity contribution < 1.29 is 23.1 Å². The summed E-state index contributed by atoms with van der Waals surface area (Å²) in [6.07, 6.45) is 4.96. The van der Waals surface area contributed by atoms with Crippen LogP contribution in [0.4, 0.5) is 0 Å². The normalized spacial score (nSPS) is 10.6. The van der Waals surface area contributed by atoms with Crippen molar-refractivity contribution in [3.05, 3.63) is 23.8 Å². The lowest BCUT2D eigenvalue weighted by Gasteiger charge is -2.08. The van der Waals surface area contributed by atoms with E-state index in [2.05, 4.69) is 5.92 Å². The molecular formula is C10H9NO5S. The van der Waals surface area contributed by atoms with Crippen LogP contribution in [0.3, 0.4) is 0 Å². The van der Waals surface area contributed by atoms with Gasteiger partial charge in [-0.2, -0.15) is 0 Å². The minimum Gasteiger partial charge on any atom is -0.480 e. The number of aromatic carboxylic acids is 1. The third-order valence-electron chi connectivity index (χ3n) is 1.81. The Hall–Kier alpha value is -2.04. The van der Waals surface area contributed by atoms with Crippen LogP contribution in [0, 0.1) is 12.3 Å². The van der Waals surface area contributed by atoms with Gasteiger partial charge in [-0.3, -0.25) is 0 Å². The molecule has 0 saturated heterocycles. The standard InChI is InChI=1S/C10H9NO5S/c1-2-5-16-8-4-3-7(10(12)13)6-9(8)17(11,14)15/h1,3-4,6H,5H2,(H,12,13)(H2,11,14,15). The Morgan fingerprint density at radius 3 is 2.65 bits per heavy atom. The smallest absolute Gasteiger partial charge is 0.335 e. The first-order valence-corrected chi connectivity index (χ1v) is 5.87. The molecule has 7 heteroatoms. The molecule has 0 aliphatic carbocycles. The molecule has 1 rings (SSSR count). The summed E-state index contributed by atoms with van der Waals surface area (Å²) in [4.78, 5) is 10.3. The van der Waals surface area contributed by atoms with E-state index < -0.39 is 20.9 Å². The molecule has 1 aromatic rings. The lowest BCUT2D eigenvalue weighted by atomic mass is 10.2. The first-order chi connectivity index (χ1) is 7.86. The summed E-state index contributed by atoms with van der Waals surface area (Å²) in [5.74, 6) is 0.819. The number of primary sulfonamides is 1. The zero-order chi connectivity index (χ0) is 13.1. The number of benzene rings is 1. The van der Waals surface area contributed by atoms with E-state index in [9.17, 15) is 13.2 Å². The number of terminal acetylenes is 1. The van der Waals surface area contributed by atoms with Crippen molar-refractivity contribution in [2.24, 2.45) is 5.14 Å². The molecule has 0 spiro atoms. The molecule has 0 fully saturated rings. The third-order valence-corrected chi connectivity index (χ3v) is 2.74. The van der Waals surface area contributed by atoms with E-state index in [-0.39, 0.29) is 17.9 Å². The van der Waals surface area contributed by atoms with Crippen LogP contribution in [-0.4, -0.2) is 26.1 Å². The van der Waals surface area contributed by atoms with Gasteiger partial charge in [0, 0.05) is 0 Å². The summed E-state index contributed by atoms with van der Waals surface area (Å²) >= 11 is 0. The van der Waals surface area contributed by atoms with Crippen LogP contribution in [0.2, 0.25) is 0 Å². The Balaban J connectivity index is 3.33. The van der Waals surface area contributed by atoms with Crippen LogP contribution in [0.25, 0.3) is 0 Å². The highest BCUT2D eigenvalue weighted by molar-refractivity contribution is 7.89. The number of carboxylic acids is 1. The Bertz CT molecular complexity index is 585. The van der Waals surface area contributed by atoms with Gasteiger partial charge in [0.25, 0.3) is 0 Å². The quantitative estimate of drug-likeness (QED) is 0.739. The average Bonchev–Trinajstić information content (AvgIpc) is 2.24. The maximum absolute atomic E-state index is 11.2. The fraction of sp³-hybridized carbons (Fsp3) is 0.100. The SMILES string of the molecule is C#CCOc1ccc(C(=O)O)cc1S(N)(=O)=O. The average molecular weight is 255 g/mol. The Morgan fingerprint density at radius 2 is 2.18 bits per heavy atom. The fourth-order valence-corrected chi connectivity index (χ4v) is 1.80. The second-order valence-electron chi connectivity index (χ2n) is 3.00. The lowest BCUT2D eigenvalue weighted by molar-refractivity contribution is 0.0696. The molecule has 6 nitrogen and oxygen atoms in total. The van der Waals surface area contributed by atoms with Crippen molar-refractivity contribution in [1.82, 2.24) is 0 Å². The van der Waals surface area contributed by atoms with Crippen LogP contribution in [0.1, 0.15) is 10.4 Å². The molecule has 17 heavy (non-hydrogen) atoms. The fourth-order valence-electron chi connectivity index (χ4n) is 1.10. The van der Waals surface area contributed by atoms with Crippen molar-refractivity contribution in [3.63, 3.8) is 0 Å². The number of ether oxygens (including phenoxy) is 1. The Morgan fingerprint density at radius 1 is 1.53 bits per heavy atom. The van der Waals surface area contributed by atoms with E-state index in [1.165, 1.54) is 12.1 Å². The van der Waals surface area contributed by atoms with Gasteiger partial charge in [0.05, 0.1) is 5.56 Å². The van der Waals surface area contributed by atoms with Crippen LogP contribution in [0.5, 0.6) is 5.75 Å². The third kappa shape index (κ3) is 3.21. The summed E-state index contributed by atoms with van der Waals surface area (Å²) in [5.41, 5.74) is -0.206. The molecule has 0 aliphatic heterocycles. The van der Waals surface area contributed by atoms with E-state index in [4.69, 9.17) is 21.4 Å². The van der Waals surface area contributed by atoms with E-state index in [0.717, 1.165) is 6.07 Å². The highest BCUT2D eigenvalue weighted by atomic mass is 32.2. The van der Waals surface area contributed by atoms with Gasteiger partial charge in [-0.05, 0) is 18.2 Å². The molecule has 0 radical (unpaired) electrons. The zero-order valence-corrected chi connectivity index (χ0v) is 9.40. The van der Waals surface area contributed by atoms with Gasteiger partial charge in [0.15, 0.2) is 0 Å². The van der Waals surface area contributed by atoms with Gasteiger partial charge in [-0.15, -0.1) is 6.42 Å². The zero-order valence-electron chi connectivity index (χ0n) is 8.58. The highest BCUT2D eigenvalue weighted by Gasteiger charge is 2.18. The van der Waals surface area contributed by atoms with Crippen molar-refractivity contribution in [2.45, 2.75) is 4.90 Å². The number of rotatable bonds is 4. The summed E-state index contributed by atoms with van der Waals surface area (Å²) in [7, 11) is -4.08. The number of carboxylic acid groups (broad SMARTS) is 1. The van der Waals surface area contributed by atoms with E-state index in [1.807, 2.05) is 0 Å². The Kier molecular flexibility index (Phi) is 3.73. The van der Waals surface area contributed by atoms with E-state index in [1.54, 1.807) is 0 Å².